The van der Waals surface area contributed by atoms with Crippen molar-refractivity contribution in [3.8, 4) is 0 Å². The molecule has 0 aliphatic carbocycles. The summed E-state index contributed by atoms with van der Waals surface area (Å²) in [5.41, 5.74) is 0. The Morgan fingerprint density at radius 2 is 1.00 bits per heavy atom. The highest BCUT2D eigenvalue weighted by atomic mass is 15.2. The minimum atomic E-state index is 1.13. The Labute approximate surface area is 108 Å². The fourth-order valence-electron chi connectivity index (χ4n) is 1.49. The molecule has 0 fully saturated rings. The molecular weight excluding hydrogens is 212 g/mol. The zero-order valence-electron chi connectivity index (χ0n) is 12.7. The molecule has 0 N–H and O–H groups in total. The van der Waals surface area contributed by atoms with Gasteiger partial charge in [0.1, 0.15) is 0 Å². The van der Waals surface area contributed by atoms with Crippen LogP contribution in [0, 0.1) is 0 Å². The van der Waals surface area contributed by atoms with Gasteiger partial charge in [-0.25, -0.2) is 0 Å². The molecule has 0 aliphatic heterocycles. The minimum Gasteiger partial charge on any atom is -0.308 e. The normalized spacial score (nSPS) is 12.4. The summed E-state index contributed by atoms with van der Waals surface area (Å²) in [7, 11) is 10.8. The molecule has 0 aromatic rings. The first-order valence-electron chi connectivity index (χ1n) is 6.66. The predicted molar refractivity (Wildman–Crippen MR) is 76.7 cm³/mol. The van der Waals surface area contributed by atoms with Gasteiger partial charge >= 0.3 is 0 Å². The lowest BCUT2D eigenvalue weighted by molar-refractivity contribution is 0.195. The summed E-state index contributed by atoms with van der Waals surface area (Å²) >= 11 is 0. The van der Waals surface area contributed by atoms with Gasteiger partial charge in [0.2, 0.25) is 0 Å². The van der Waals surface area contributed by atoms with Gasteiger partial charge in [-0.3, -0.25) is 4.90 Å². The maximum Gasteiger partial charge on any atom is 0.0110 e. The molecule has 0 aliphatic rings. The van der Waals surface area contributed by atoms with Crippen molar-refractivity contribution in [2.45, 2.75) is 6.92 Å². The van der Waals surface area contributed by atoms with Crippen molar-refractivity contribution < 1.29 is 0 Å². The summed E-state index contributed by atoms with van der Waals surface area (Å²) in [5.74, 6) is 0. The molecule has 0 rings (SSSR count). The van der Waals surface area contributed by atoms with Crippen LogP contribution in [-0.2, 0) is 0 Å². The van der Waals surface area contributed by atoms with Gasteiger partial charge < -0.3 is 14.7 Å². The van der Waals surface area contributed by atoms with Crippen molar-refractivity contribution in [3.05, 3.63) is 0 Å². The Balaban J connectivity index is 3.92. The molecule has 0 bridgehead atoms. The number of hydrogen-bond donors (Lipinski definition) is 0. The largest absolute Gasteiger partial charge is 0.308 e. The van der Waals surface area contributed by atoms with Crippen LogP contribution in [0.5, 0.6) is 0 Å². The molecular formula is C13H32N4. The third-order valence-electron chi connectivity index (χ3n) is 3.06. The first kappa shape index (κ1) is 16.8. The first-order valence-corrected chi connectivity index (χ1v) is 6.66. The molecule has 0 aromatic heterocycles. The van der Waals surface area contributed by atoms with E-state index in [0.29, 0.717) is 0 Å². The highest BCUT2D eigenvalue weighted by molar-refractivity contribution is 4.63. The lowest BCUT2D eigenvalue weighted by atomic mass is 10.4. The molecule has 17 heavy (non-hydrogen) atoms. The number of nitrogens with zero attached hydrogens (tertiary/aromatic N) is 4. The summed E-state index contributed by atoms with van der Waals surface area (Å²) in [4.78, 5) is 9.45. The third kappa shape index (κ3) is 10.7. The quantitative estimate of drug-likeness (QED) is 0.550. The van der Waals surface area contributed by atoms with Crippen molar-refractivity contribution in [1.82, 2.24) is 19.6 Å². The Bertz CT molecular complexity index is 159. The molecule has 0 spiro atoms. The van der Waals surface area contributed by atoms with Crippen LogP contribution in [-0.4, -0.2) is 101 Å². The highest BCUT2D eigenvalue weighted by Gasteiger charge is 2.07. The summed E-state index contributed by atoms with van der Waals surface area (Å²) in [6.07, 6.45) is 0. The van der Waals surface area contributed by atoms with Crippen molar-refractivity contribution in [3.63, 3.8) is 0 Å². The van der Waals surface area contributed by atoms with Crippen LogP contribution < -0.4 is 0 Å². The van der Waals surface area contributed by atoms with Gasteiger partial charge in [0.05, 0.1) is 0 Å². The van der Waals surface area contributed by atoms with Crippen molar-refractivity contribution in [2.24, 2.45) is 0 Å². The Kier molecular flexibility index (Phi) is 9.74. The van der Waals surface area contributed by atoms with Gasteiger partial charge in [-0.2, -0.15) is 0 Å². The Hall–Kier alpha value is -0.160. The lowest BCUT2D eigenvalue weighted by Gasteiger charge is -2.27. The first-order chi connectivity index (χ1) is 7.95. The van der Waals surface area contributed by atoms with E-state index in [4.69, 9.17) is 0 Å². The number of hydrogen-bond acceptors (Lipinski definition) is 4. The van der Waals surface area contributed by atoms with Crippen LogP contribution in [0.4, 0.5) is 0 Å². The molecule has 0 saturated heterocycles. The molecule has 0 heterocycles. The summed E-state index contributed by atoms with van der Waals surface area (Å²) < 4.78 is 0. The molecule has 104 valence electrons. The third-order valence-corrected chi connectivity index (χ3v) is 3.06. The summed E-state index contributed by atoms with van der Waals surface area (Å²) in [5, 5.41) is 0. The topological polar surface area (TPSA) is 13.0 Å². The molecule has 0 aromatic carbocycles. The van der Waals surface area contributed by atoms with E-state index in [9.17, 15) is 0 Å². The molecule has 0 amide bonds. The van der Waals surface area contributed by atoms with Crippen molar-refractivity contribution in [1.29, 1.82) is 0 Å². The maximum atomic E-state index is 2.56. The van der Waals surface area contributed by atoms with E-state index in [-0.39, 0.29) is 0 Å². The predicted octanol–water partition coefficient (Wildman–Crippen LogP) is 0.363. The van der Waals surface area contributed by atoms with Gasteiger partial charge in [0.25, 0.3) is 0 Å². The standard InChI is InChI=1S/C13H32N4/c1-7-16(6)10-13-17(11-8-14(2)3)12-9-15(4)5/h7-13H2,1-6H3. The number of likely N-dealkylation sites (N-methyl/N-ethyl adjacent to an activating group) is 3. The summed E-state index contributed by atoms with van der Waals surface area (Å²) in [6.45, 7) is 10.3. The fraction of sp³-hybridized carbons (Fsp3) is 1.00. The van der Waals surface area contributed by atoms with E-state index in [1.54, 1.807) is 0 Å². The highest BCUT2D eigenvalue weighted by Crippen LogP contribution is 1.92. The molecule has 4 nitrogen and oxygen atoms in total. The zero-order chi connectivity index (χ0) is 13.3. The molecule has 0 radical (unpaired) electrons. The second-order valence-electron chi connectivity index (χ2n) is 5.34. The average Bonchev–Trinajstić information content (AvgIpc) is 2.26. The Morgan fingerprint density at radius 3 is 1.35 bits per heavy atom. The van der Waals surface area contributed by atoms with Gasteiger partial charge in [-0.05, 0) is 41.8 Å². The lowest BCUT2D eigenvalue weighted by Crippen LogP contribution is -2.40. The van der Waals surface area contributed by atoms with Crippen LogP contribution in [0.1, 0.15) is 6.92 Å². The van der Waals surface area contributed by atoms with Gasteiger partial charge in [-0.15, -0.1) is 0 Å². The average molecular weight is 244 g/mol. The monoisotopic (exact) mass is 244 g/mol. The van der Waals surface area contributed by atoms with Crippen LogP contribution >= 0.6 is 0 Å². The van der Waals surface area contributed by atoms with Crippen LogP contribution in [0.2, 0.25) is 0 Å². The van der Waals surface area contributed by atoms with Crippen LogP contribution in [0.15, 0.2) is 0 Å². The molecule has 0 atom stereocenters. The van der Waals surface area contributed by atoms with E-state index in [0.717, 1.165) is 26.2 Å². The van der Waals surface area contributed by atoms with E-state index in [2.05, 4.69) is 61.8 Å². The van der Waals surface area contributed by atoms with E-state index in [1.165, 1.54) is 19.6 Å². The van der Waals surface area contributed by atoms with Crippen molar-refractivity contribution in [2.75, 3.05) is 81.1 Å². The number of rotatable bonds is 10. The molecule has 0 saturated carbocycles. The van der Waals surface area contributed by atoms with Crippen molar-refractivity contribution >= 4 is 0 Å². The van der Waals surface area contributed by atoms with E-state index in [1.807, 2.05) is 0 Å². The molecule has 4 heteroatoms. The Morgan fingerprint density at radius 1 is 0.588 bits per heavy atom. The van der Waals surface area contributed by atoms with Gasteiger partial charge in [0.15, 0.2) is 0 Å². The summed E-state index contributed by atoms with van der Waals surface area (Å²) in [6, 6.07) is 0. The van der Waals surface area contributed by atoms with E-state index < -0.39 is 0 Å². The fourth-order valence-corrected chi connectivity index (χ4v) is 1.49. The van der Waals surface area contributed by atoms with Gasteiger partial charge in [-0.1, -0.05) is 6.92 Å². The van der Waals surface area contributed by atoms with Crippen LogP contribution in [0.3, 0.4) is 0 Å². The van der Waals surface area contributed by atoms with Gasteiger partial charge in [0, 0.05) is 39.3 Å². The van der Waals surface area contributed by atoms with E-state index >= 15 is 0 Å². The minimum absolute atomic E-state index is 1.13. The second-order valence-corrected chi connectivity index (χ2v) is 5.34. The second kappa shape index (κ2) is 9.83. The SMILES string of the molecule is CCN(C)CCN(CCN(C)C)CCN(C)C. The molecule has 0 unspecified atom stereocenters. The smallest absolute Gasteiger partial charge is 0.0110 e. The maximum absolute atomic E-state index is 2.56. The van der Waals surface area contributed by atoms with Crippen LogP contribution in [0.25, 0.3) is 0 Å². The zero-order valence-corrected chi connectivity index (χ0v) is 12.7.